The van der Waals surface area contributed by atoms with Crippen molar-refractivity contribution >= 4 is 9.84 Å². The number of ether oxygens (including phenoxy) is 2. The van der Waals surface area contributed by atoms with Gasteiger partial charge in [0.1, 0.15) is 5.75 Å². The van der Waals surface area contributed by atoms with Gasteiger partial charge < -0.3 is 9.47 Å². The lowest BCUT2D eigenvalue weighted by molar-refractivity contribution is 0.0720. The quantitative estimate of drug-likeness (QED) is 0.556. The van der Waals surface area contributed by atoms with Crippen LogP contribution in [0.2, 0.25) is 0 Å². The van der Waals surface area contributed by atoms with E-state index in [4.69, 9.17) is 9.47 Å². The van der Waals surface area contributed by atoms with Gasteiger partial charge in [-0.25, -0.2) is 8.42 Å². The van der Waals surface area contributed by atoms with E-state index in [1.165, 1.54) is 12.8 Å². The van der Waals surface area contributed by atoms with E-state index in [-0.39, 0.29) is 16.9 Å². The van der Waals surface area contributed by atoms with Gasteiger partial charge in [-0.05, 0) is 54.7 Å². The van der Waals surface area contributed by atoms with Gasteiger partial charge in [0.15, 0.2) is 9.84 Å². The van der Waals surface area contributed by atoms with E-state index in [2.05, 4.69) is 20.8 Å². The van der Waals surface area contributed by atoms with E-state index in [1.807, 2.05) is 24.3 Å². The molecule has 0 amide bonds. The maximum Gasteiger partial charge on any atom is 0.150 e. The van der Waals surface area contributed by atoms with Crippen molar-refractivity contribution in [2.24, 2.45) is 11.3 Å². The van der Waals surface area contributed by atoms with E-state index < -0.39 is 9.84 Å². The highest BCUT2D eigenvalue weighted by atomic mass is 32.2. The number of hydrogen-bond acceptors (Lipinski definition) is 4. The number of rotatable bonds is 11. The predicted molar refractivity (Wildman–Crippen MR) is 102 cm³/mol. The SMILES string of the molecule is CC(C)(C)COCCCS(=O)(=O)CCc1cccc(OCC2CC2)c1. The molecule has 0 atom stereocenters. The number of sulfone groups is 1. The molecule has 5 heteroatoms. The summed E-state index contributed by atoms with van der Waals surface area (Å²) in [6.45, 7) is 8.24. The van der Waals surface area contributed by atoms with E-state index in [0.717, 1.165) is 17.9 Å². The van der Waals surface area contributed by atoms with Crippen LogP contribution in [0, 0.1) is 11.3 Å². The lowest BCUT2D eigenvalue weighted by Crippen LogP contribution is -2.18. The molecule has 1 aliphatic carbocycles. The maximum atomic E-state index is 12.2. The Bertz CT molecular complexity index is 627. The van der Waals surface area contributed by atoms with Crippen LogP contribution in [0.5, 0.6) is 5.75 Å². The lowest BCUT2D eigenvalue weighted by Gasteiger charge is -2.17. The lowest BCUT2D eigenvalue weighted by atomic mass is 9.99. The zero-order valence-electron chi connectivity index (χ0n) is 15.8. The molecule has 0 heterocycles. The molecule has 0 unspecified atom stereocenters. The van der Waals surface area contributed by atoms with Gasteiger partial charge in [-0.2, -0.15) is 0 Å². The van der Waals surface area contributed by atoms with Gasteiger partial charge in [-0.1, -0.05) is 32.9 Å². The van der Waals surface area contributed by atoms with E-state index >= 15 is 0 Å². The highest BCUT2D eigenvalue weighted by Crippen LogP contribution is 2.29. The zero-order valence-corrected chi connectivity index (χ0v) is 16.6. The summed E-state index contributed by atoms with van der Waals surface area (Å²) < 4.78 is 35.7. The first kappa shape index (κ1) is 20.2. The smallest absolute Gasteiger partial charge is 0.150 e. The molecule has 0 radical (unpaired) electrons. The summed E-state index contributed by atoms with van der Waals surface area (Å²) in [4.78, 5) is 0. The van der Waals surface area contributed by atoms with Gasteiger partial charge in [0.25, 0.3) is 0 Å². The van der Waals surface area contributed by atoms with Crippen LogP contribution in [0.15, 0.2) is 24.3 Å². The van der Waals surface area contributed by atoms with Gasteiger partial charge in [0, 0.05) is 6.61 Å². The predicted octanol–water partition coefficient (Wildman–Crippen LogP) is 3.89. The van der Waals surface area contributed by atoms with Crippen LogP contribution in [0.1, 0.15) is 45.6 Å². The molecule has 1 aliphatic rings. The highest BCUT2D eigenvalue weighted by molar-refractivity contribution is 7.91. The topological polar surface area (TPSA) is 52.6 Å². The monoisotopic (exact) mass is 368 g/mol. The van der Waals surface area contributed by atoms with Crippen molar-refractivity contribution in [3.8, 4) is 5.75 Å². The molecule has 4 nitrogen and oxygen atoms in total. The van der Waals surface area contributed by atoms with Crippen LogP contribution in [0.25, 0.3) is 0 Å². The fourth-order valence-corrected chi connectivity index (χ4v) is 3.73. The number of aryl methyl sites for hydroxylation is 1. The second-order valence-corrected chi connectivity index (χ2v) is 10.6. The Morgan fingerprint density at radius 3 is 2.60 bits per heavy atom. The third-order valence-corrected chi connectivity index (χ3v) is 5.80. The summed E-state index contributed by atoms with van der Waals surface area (Å²) in [5.74, 6) is 1.93. The van der Waals surface area contributed by atoms with Crippen LogP contribution in [-0.2, 0) is 21.0 Å². The molecule has 0 aliphatic heterocycles. The molecule has 25 heavy (non-hydrogen) atoms. The Balaban J connectivity index is 1.68. The van der Waals surface area contributed by atoms with Crippen molar-refractivity contribution in [1.29, 1.82) is 0 Å². The second-order valence-electron chi connectivity index (χ2n) is 8.27. The Morgan fingerprint density at radius 2 is 1.92 bits per heavy atom. The Kier molecular flexibility index (Phi) is 7.32. The minimum Gasteiger partial charge on any atom is -0.493 e. The molecular formula is C20H32O4S. The molecule has 0 spiro atoms. The van der Waals surface area contributed by atoms with E-state index in [0.29, 0.717) is 32.0 Å². The first-order valence-electron chi connectivity index (χ1n) is 9.23. The van der Waals surface area contributed by atoms with E-state index in [1.54, 1.807) is 0 Å². The molecule has 1 aromatic rings. The third-order valence-electron chi connectivity index (χ3n) is 4.06. The normalized spacial score (nSPS) is 15.3. The van der Waals surface area contributed by atoms with Crippen molar-refractivity contribution in [1.82, 2.24) is 0 Å². The summed E-state index contributed by atoms with van der Waals surface area (Å²) >= 11 is 0. The molecule has 0 bridgehead atoms. The van der Waals surface area contributed by atoms with Crippen molar-refractivity contribution in [2.75, 3.05) is 31.3 Å². The first-order chi connectivity index (χ1) is 11.7. The van der Waals surface area contributed by atoms with Crippen LogP contribution in [0.3, 0.4) is 0 Å². The van der Waals surface area contributed by atoms with Gasteiger partial charge >= 0.3 is 0 Å². The average molecular weight is 369 g/mol. The standard InChI is InChI=1S/C20H32O4S/c1-20(2,3)16-23-11-5-12-25(21,22)13-10-17-6-4-7-19(14-17)24-15-18-8-9-18/h4,6-7,14,18H,5,8-13,15-16H2,1-3H3. The maximum absolute atomic E-state index is 12.2. The van der Waals surface area contributed by atoms with Crippen LogP contribution in [-0.4, -0.2) is 39.7 Å². The first-order valence-corrected chi connectivity index (χ1v) is 11.1. The van der Waals surface area contributed by atoms with Crippen LogP contribution >= 0.6 is 0 Å². The van der Waals surface area contributed by atoms with Gasteiger partial charge in [0.05, 0.1) is 24.7 Å². The summed E-state index contributed by atoms with van der Waals surface area (Å²) in [5, 5.41) is 0. The fraction of sp³-hybridized carbons (Fsp3) is 0.700. The van der Waals surface area contributed by atoms with Gasteiger partial charge in [-0.3, -0.25) is 0 Å². The Labute approximate surface area is 152 Å². The van der Waals surface area contributed by atoms with Crippen LogP contribution in [0.4, 0.5) is 0 Å². The molecule has 0 saturated heterocycles. The largest absolute Gasteiger partial charge is 0.493 e. The summed E-state index contributed by atoms with van der Waals surface area (Å²) in [6, 6.07) is 7.80. The van der Waals surface area contributed by atoms with Gasteiger partial charge in [-0.15, -0.1) is 0 Å². The molecule has 1 fully saturated rings. The molecular weight excluding hydrogens is 336 g/mol. The van der Waals surface area contributed by atoms with Crippen molar-refractivity contribution in [2.45, 2.75) is 46.5 Å². The molecule has 0 aromatic heterocycles. The summed E-state index contributed by atoms with van der Waals surface area (Å²) in [7, 11) is -3.05. The van der Waals surface area contributed by atoms with Crippen molar-refractivity contribution < 1.29 is 17.9 Å². The van der Waals surface area contributed by atoms with Crippen molar-refractivity contribution in [3.63, 3.8) is 0 Å². The van der Waals surface area contributed by atoms with Crippen LogP contribution < -0.4 is 4.74 Å². The zero-order chi connectivity index (χ0) is 18.3. The minimum atomic E-state index is -3.05. The number of hydrogen-bond donors (Lipinski definition) is 0. The average Bonchev–Trinajstić information content (AvgIpc) is 3.34. The second kappa shape index (κ2) is 9.04. The molecule has 0 N–H and O–H groups in total. The minimum absolute atomic E-state index is 0.117. The summed E-state index contributed by atoms with van der Waals surface area (Å²) in [5.41, 5.74) is 1.13. The highest BCUT2D eigenvalue weighted by Gasteiger charge is 2.21. The molecule has 142 valence electrons. The third kappa shape index (κ3) is 9.26. The fourth-order valence-electron chi connectivity index (χ4n) is 2.42. The molecule has 1 aromatic carbocycles. The Hall–Kier alpha value is -1.07. The number of benzene rings is 1. The summed E-state index contributed by atoms with van der Waals surface area (Å²) in [6.07, 6.45) is 3.61. The Morgan fingerprint density at radius 1 is 1.16 bits per heavy atom. The molecule has 2 rings (SSSR count). The van der Waals surface area contributed by atoms with Crippen molar-refractivity contribution in [3.05, 3.63) is 29.8 Å². The molecule has 1 saturated carbocycles. The van der Waals surface area contributed by atoms with E-state index in [9.17, 15) is 8.42 Å². The van der Waals surface area contributed by atoms with Gasteiger partial charge in [0.2, 0.25) is 0 Å².